The van der Waals surface area contributed by atoms with Crippen molar-refractivity contribution in [2.75, 3.05) is 6.54 Å². The summed E-state index contributed by atoms with van der Waals surface area (Å²) < 4.78 is 0. The molecule has 0 aliphatic carbocycles. The molecule has 0 radical (unpaired) electrons. The lowest BCUT2D eigenvalue weighted by Crippen LogP contribution is -2.54. The lowest BCUT2D eigenvalue weighted by atomic mass is 10.0. The van der Waals surface area contributed by atoms with Crippen LogP contribution < -0.4 is 27.8 Å². The number of rotatable bonds is 14. The highest BCUT2D eigenvalue weighted by Gasteiger charge is 2.28. The third-order valence-electron chi connectivity index (χ3n) is 4.47. The first-order valence-corrected chi connectivity index (χ1v) is 10.0. The first kappa shape index (κ1) is 26.4. The van der Waals surface area contributed by atoms with Crippen LogP contribution in [0.1, 0.15) is 31.2 Å². The molecule has 2 amide bonds. The van der Waals surface area contributed by atoms with Gasteiger partial charge in [-0.15, -0.1) is 0 Å². The summed E-state index contributed by atoms with van der Waals surface area (Å²) in [6.45, 7) is 0.194. The maximum atomic E-state index is 12.7. The first-order chi connectivity index (χ1) is 15.1. The lowest BCUT2D eigenvalue weighted by molar-refractivity contribution is -0.143. The van der Waals surface area contributed by atoms with Gasteiger partial charge in [0, 0.05) is 13.0 Å². The molecular weight excluding hydrogens is 420 g/mol. The largest absolute Gasteiger partial charge is 0.481 e. The Morgan fingerprint density at radius 2 is 1.56 bits per heavy atom. The van der Waals surface area contributed by atoms with Gasteiger partial charge in [0.25, 0.3) is 0 Å². The number of carbonyl (C=O) groups is 4. The molecule has 12 nitrogen and oxygen atoms in total. The van der Waals surface area contributed by atoms with Crippen molar-refractivity contribution in [3.63, 3.8) is 0 Å². The van der Waals surface area contributed by atoms with Crippen LogP contribution in [-0.2, 0) is 25.6 Å². The van der Waals surface area contributed by atoms with Crippen LogP contribution in [0.2, 0.25) is 0 Å². The van der Waals surface area contributed by atoms with E-state index in [9.17, 15) is 24.3 Å². The first-order valence-electron chi connectivity index (χ1n) is 10.0. The second-order valence-electron chi connectivity index (χ2n) is 7.14. The number of amides is 2. The number of guanidine groups is 1. The second kappa shape index (κ2) is 13.6. The number of aliphatic carboxylic acids is 2. The monoisotopic (exact) mass is 450 g/mol. The number of carboxylic acid groups (broad SMARTS) is 2. The Morgan fingerprint density at radius 1 is 0.938 bits per heavy atom. The standard InChI is InChI=1S/C20H30N6O6/c21-13(11-12-5-2-1-3-6-12)17(29)25-14(7-4-10-24-20(22)23)18(30)26-15(19(31)32)8-9-16(27)28/h1-3,5-6,13-15H,4,7-11,21H2,(H,25,29)(H,26,30)(H,27,28)(H,31,32)(H4,22,23,24)/t13-,14-,15-/m0/s1. The Hall–Kier alpha value is -3.67. The summed E-state index contributed by atoms with van der Waals surface area (Å²) >= 11 is 0. The number of aliphatic imine (C=N–C) groups is 1. The predicted molar refractivity (Wildman–Crippen MR) is 116 cm³/mol. The van der Waals surface area contributed by atoms with E-state index in [0.717, 1.165) is 5.56 Å². The number of nitrogens with zero attached hydrogens (tertiary/aromatic N) is 1. The Balaban J connectivity index is 2.83. The van der Waals surface area contributed by atoms with Crippen LogP contribution >= 0.6 is 0 Å². The molecule has 0 aliphatic heterocycles. The third-order valence-corrected chi connectivity index (χ3v) is 4.47. The van der Waals surface area contributed by atoms with Crippen molar-refractivity contribution in [2.24, 2.45) is 22.2 Å². The summed E-state index contributed by atoms with van der Waals surface area (Å²) in [7, 11) is 0. The van der Waals surface area contributed by atoms with Crippen LogP contribution in [0.4, 0.5) is 0 Å². The molecule has 32 heavy (non-hydrogen) atoms. The average molecular weight is 450 g/mol. The zero-order valence-electron chi connectivity index (χ0n) is 17.6. The second-order valence-corrected chi connectivity index (χ2v) is 7.14. The number of carbonyl (C=O) groups excluding carboxylic acids is 2. The number of benzene rings is 1. The normalized spacial score (nSPS) is 13.3. The molecule has 3 atom stereocenters. The van der Waals surface area contributed by atoms with Gasteiger partial charge in [-0.05, 0) is 31.2 Å². The molecular formula is C20H30N6O6. The number of carboxylic acids is 2. The molecule has 0 bridgehead atoms. The van der Waals surface area contributed by atoms with Gasteiger partial charge in [0.1, 0.15) is 12.1 Å². The summed E-state index contributed by atoms with van der Waals surface area (Å²) in [4.78, 5) is 51.2. The van der Waals surface area contributed by atoms with Crippen LogP contribution in [0.5, 0.6) is 0 Å². The maximum absolute atomic E-state index is 12.7. The fourth-order valence-corrected chi connectivity index (χ4v) is 2.81. The smallest absolute Gasteiger partial charge is 0.326 e. The summed E-state index contributed by atoms with van der Waals surface area (Å²) in [6, 6.07) is 5.60. The minimum Gasteiger partial charge on any atom is -0.481 e. The minimum atomic E-state index is -1.42. The number of nitrogens with one attached hydrogen (secondary N) is 2. The molecule has 0 aliphatic rings. The molecule has 0 heterocycles. The van der Waals surface area contributed by atoms with Gasteiger partial charge in [0.15, 0.2) is 5.96 Å². The van der Waals surface area contributed by atoms with Gasteiger partial charge in [-0.25, -0.2) is 4.79 Å². The highest BCUT2D eigenvalue weighted by atomic mass is 16.4. The van der Waals surface area contributed by atoms with Crippen molar-refractivity contribution in [1.82, 2.24) is 10.6 Å². The van der Waals surface area contributed by atoms with E-state index in [1.165, 1.54) is 0 Å². The van der Waals surface area contributed by atoms with E-state index in [1.807, 2.05) is 30.3 Å². The third kappa shape index (κ3) is 10.4. The molecule has 0 saturated heterocycles. The molecule has 176 valence electrons. The molecule has 10 N–H and O–H groups in total. The van der Waals surface area contributed by atoms with Crippen molar-refractivity contribution >= 4 is 29.7 Å². The zero-order valence-corrected chi connectivity index (χ0v) is 17.6. The Kier molecular flexibility index (Phi) is 11.2. The highest BCUT2D eigenvalue weighted by molar-refractivity contribution is 5.92. The molecule has 0 fully saturated rings. The number of hydrogen-bond acceptors (Lipinski definition) is 6. The molecule has 1 aromatic carbocycles. The Bertz CT molecular complexity index is 812. The maximum Gasteiger partial charge on any atom is 0.326 e. The van der Waals surface area contributed by atoms with E-state index in [0.29, 0.717) is 6.42 Å². The van der Waals surface area contributed by atoms with Crippen molar-refractivity contribution in [2.45, 2.75) is 50.2 Å². The minimum absolute atomic E-state index is 0.109. The molecule has 0 unspecified atom stereocenters. The SMILES string of the molecule is NC(N)=NCCC[C@H](NC(=O)[C@@H](N)Cc1ccccc1)C(=O)N[C@@H](CCC(=O)O)C(=O)O. The lowest BCUT2D eigenvalue weighted by Gasteiger charge is -2.22. The summed E-state index contributed by atoms with van der Waals surface area (Å²) in [5.74, 6) is -4.06. The van der Waals surface area contributed by atoms with E-state index in [-0.39, 0.29) is 31.8 Å². The van der Waals surface area contributed by atoms with E-state index in [1.54, 1.807) is 0 Å². The van der Waals surface area contributed by atoms with Gasteiger partial charge in [0.05, 0.1) is 6.04 Å². The van der Waals surface area contributed by atoms with Crippen LogP contribution in [0.25, 0.3) is 0 Å². The Morgan fingerprint density at radius 3 is 2.12 bits per heavy atom. The molecule has 0 aromatic heterocycles. The van der Waals surface area contributed by atoms with Gasteiger partial charge in [-0.3, -0.25) is 19.4 Å². The summed E-state index contributed by atoms with van der Waals surface area (Å²) in [5.41, 5.74) is 17.3. The number of nitrogens with two attached hydrogens (primary N) is 3. The van der Waals surface area contributed by atoms with Crippen molar-refractivity contribution in [3.8, 4) is 0 Å². The predicted octanol–water partition coefficient (Wildman–Crippen LogP) is -1.47. The van der Waals surface area contributed by atoms with Gasteiger partial charge < -0.3 is 38.0 Å². The highest BCUT2D eigenvalue weighted by Crippen LogP contribution is 2.06. The fraction of sp³-hybridized carbons (Fsp3) is 0.450. The van der Waals surface area contributed by atoms with Gasteiger partial charge >= 0.3 is 11.9 Å². The average Bonchev–Trinajstić information content (AvgIpc) is 2.73. The van der Waals surface area contributed by atoms with E-state index >= 15 is 0 Å². The van der Waals surface area contributed by atoms with Gasteiger partial charge in [-0.2, -0.15) is 0 Å². The molecule has 1 aromatic rings. The quantitative estimate of drug-likeness (QED) is 0.0996. The van der Waals surface area contributed by atoms with Gasteiger partial charge in [-0.1, -0.05) is 30.3 Å². The summed E-state index contributed by atoms with van der Waals surface area (Å²) in [6.07, 6.45) is -0.0839. The topological polar surface area (TPSA) is 223 Å². The van der Waals surface area contributed by atoms with Crippen molar-refractivity contribution in [3.05, 3.63) is 35.9 Å². The Labute approximate surface area is 185 Å². The summed E-state index contributed by atoms with van der Waals surface area (Å²) in [5, 5.41) is 22.8. The molecule has 12 heteroatoms. The van der Waals surface area contributed by atoms with E-state index in [4.69, 9.17) is 22.3 Å². The van der Waals surface area contributed by atoms with E-state index < -0.39 is 48.3 Å². The molecule has 0 saturated carbocycles. The van der Waals surface area contributed by atoms with Crippen LogP contribution in [0, 0.1) is 0 Å². The van der Waals surface area contributed by atoms with E-state index in [2.05, 4.69) is 15.6 Å². The fourth-order valence-electron chi connectivity index (χ4n) is 2.81. The van der Waals surface area contributed by atoms with Crippen molar-refractivity contribution in [1.29, 1.82) is 0 Å². The van der Waals surface area contributed by atoms with Crippen LogP contribution in [-0.4, -0.2) is 64.6 Å². The van der Waals surface area contributed by atoms with Crippen LogP contribution in [0.3, 0.4) is 0 Å². The van der Waals surface area contributed by atoms with Gasteiger partial charge in [0.2, 0.25) is 11.8 Å². The zero-order chi connectivity index (χ0) is 24.1. The van der Waals surface area contributed by atoms with Crippen molar-refractivity contribution < 1.29 is 29.4 Å². The molecule has 1 rings (SSSR count). The molecule has 0 spiro atoms. The number of hydrogen-bond donors (Lipinski definition) is 7. The van der Waals surface area contributed by atoms with Crippen LogP contribution in [0.15, 0.2) is 35.3 Å².